The van der Waals surface area contributed by atoms with Crippen LogP contribution in [0.15, 0.2) is 29.2 Å². The van der Waals surface area contributed by atoms with Crippen LogP contribution in [0.25, 0.3) is 6.08 Å². The van der Waals surface area contributed by atoms with Crippen LogP contribution in [0.5, 0.6) is 5.75 Å². The lowest BCUT2D eigenvalue weighted by molar-refractivity contribution is -0.115. The van der Waals surface area contributed by atoms with E-state index in [1.165, 1.54) is 11.8 Å². The summed E-state index contributed by atoms with van der Waals surface area (Å²) in [5.41, 5.74) is 0.894. The van der Waals surface area contributed by atoms with Gasteiger partial charge in [-0.3, -0.25) is 4.79 Å². The summed E-state index contributed by atoms with van der Waals surface area (Å²) < 4.78 is 6.35. The summed E-state index contributed by atoms with van der Waals surface area (Å²) in [6.45, 7) is 4.10. The van der Waals surface area contributed by atoms with Crippen molar-refractivity contribution in [3.05, 3.63) is 34.7 Å². The predicted molar refractivity (Wildman–Crippen MR) is 83.1 cm³/mol. The van der Waals surface area contributed by atoms with Gasteiger partial charge in [0, 0.05) is 5.56 Å². The highest BCUT2D eigenvalue weighted by atomic mass is 32.2. The number of thiocarbonyl (C=S) groups is 1. The van der Waals surface area contributed by atoms with Crippen molar-refractivity contribution in [1.29, 1.82) is 0 Å². The van der Waals surface area contributed by atoms with Crippen molar-refractivity contribution in [2.45, 2.75) is 26.4 Å². The molecule has 0 spiro atoms. The molecule has 0 bridgehead atoms. The third-order valence-corrected chi connectivity index (χ3v) is 3.91. The Morgan fingerprint density at radius 1 is 1.47 bits per heavy atom. The highest BCUT2D eigenvalue weighted by Crippen LogP contribution is 2.29. The van der Waals surface area contributed by atoms with E-state index < -0.39 is 0 Å². The first-order chi connectivity index (χ1) is 9.10. The number of ether oxygens (including phenoxy) is 1. The highest BCUT2D eigenvalue weighted by Gasteiger charge is 2.22. The van der Waals surface area contributed by atoms with Crippen LogP contribution in [0.4, 0.5) is 0 Å². The summed E-state index contributed by atoms with van der Waals surface area (Å²) in [5, 5.41) is 2.60. The molecule has 1 aromatic carbocycles. The number of rotatable bonds is 4. The number of hydrogen-bond donors (Lipinski definition) is 1. The second-order valence-corrected chi connectivity index (χ2v) is 5.95. The van der Waals surface area contributed by atoms with Gasteiger partial charge in [-0.05, 0) is 25.5 Å². The lowest BCUT2D eigenvalue weighted by atomic mass is 10.1. The Kier molecular flexibility index (Phi) is 4.61. The Morgan fingerprint density at radius 2 is 2.21 bits per heavy atom. The molecule has 1 aromatic rings. The molecule has 3 nitrogen and oxygen atoms in total. The first kappa shape index (κ1) is 14.1. The van der Waals surface area contributed by atoms with E-state index in [9.17, 15) is 4.79 Å². The maximum Gasteiger partial charge on any atom is 0.263 e. The maximum atomic E-state index is 11.7. The average molecular weight is 293 g/mol. The van der Waals surface area contributed by atoms with E-state index in [0.717, 1.165) is 17.7 Å². The molecule has 1 amide bonds. The van der Waals surface area contributed by atoms with Crippen LogP contribution < -0.4 is 10.1 Å². The summed E-state index contributed by atoms with van der Waals surface area (Å²) >= 11 is 6.25. The fourth-order valence-electron chi connectivity index (χ4n) is 1.57. The molecule has 2 rings (SSSR count). The topological polar surface area (TPSA) is 38.3 Å². The lowest BCUT2D eigenvalue weighted by Crippen LogP contribution is -2.17. The quantitative estimate of drug-likeness (QED) is 0.682. The Morgan fingerprint density at radius 3 is 2.84 bits per heavy atom. The second kappa shape index (κ2) is 6.21. The van der Waals surface area contributed by atoms with Gasteiger partial charge in [0.25, 0.3) is 5.91 Å². The van der Waals surface area contributed by atoms with Crippen LogP contribution in [0.1, 0.15) is 25.8 Å². The van der Waals surface area contributed by atoms with Gasteiger partial charge in [-0.25, -0.2) is 0 Å². The van der Waals surface area contributed by atoms with E-state index in [-0.39, 0.29) is 12.0 Å². The summed E-state index contributed by atoms with van der Waals surface area (Å²) in [7, 11) is 0. The highest BCUT2D eigenvalue weighted by molar-refractivity contribution is 8.26. The number of hydrogen-bond acceptors (Lipinski definition) is 4. The number of thioether (sulfide) groups is 1. The third-order valence-electron chi connectivity index (χ3n) is 2.75. The number of nitrogens with one attached hydrogen (secondary N) is 1. The Labute approximate surface area is 122 Å². The van der Waals surface area contributed by atoms with E-state index >= 15 is 0 Å². The number of amides is 1. The summed E-state index contributed by atoms with van der Waals surface area (Å²) in [5.74, 6) is 0.643. The molecule has 1 heterocycles. The molecule has 1 saturated heterocycles. The Bertz CT molecular complexity index is 540. The van der Waals surface area contributed by atoms with E-state index in [1.54, 1.807) is 0 Å². The monoisotopic (exact) mass is 293 g/mol. The van der Waals surface area contributed by atoms with Crippen molar-refractivity contribution in [2.24, 2.45) is 0 Å². The van der Waals surface area contributed by atoms with Gasteiger partial charge >= 0.3 is 0 Å². The molecule has 1 aliphatic rings. The molecule has 1 atom stereocenters. The summed E-state index contributed by atoms with van der Waals surface area (Å²) in [6.07, 6.45) is 2.90. The average Bonchev–Trinajstić information content (AvgIpc) is 2.70. The van der Waals surface area contributed by atoms with Crippen LogP contribution in [0.3, 0.4) is 0 Å². The minimum Gasteiger partial charge on any atom is -0.490 e. The van der Waals surface area contributed by atoms with Crippen molar-refractivity contribution in [2.75, 3.05) is 0 Å². The van der Waals surface area contributed by atoms with Crippen molar-refractivity contribution in [3.63, 3.8) is 0 Å². The zero-order valence-electron chi connectivity index (χ0n) is 10.8. The van der Waals surface area contributed by atoms with Gasteiger partial charge in [-0.1, -0.05) is 49.1 Å². The zero-order valence-corrected chi connectivity index (χ0v) is 12.4. The number of carbonyl (C=O) groups is 1. The van der Waals surface area contributed by atoms with Crippen molar-refractivity contribution >= 4 is 40.3 Å². The zero-order chi connectivity index (χ0) is 13.8. The van der Waals surface area contributed by atoms with Crippen LogP contribution in [-0.2, 0) is 4.79 Å². The standard InChI is InChI=1S/C14H15NO2S2/c1-3-9(2)17-11-7-5-4-6-10(11)8-12-13(16)15-14(18)19-12/h4-9H,3H2,1-2H3,(H,15,16,18)/b12-8-/t9-/m1/s1. The fourth-order valence-corrected chi connectivity index (χ4v) is 2.60. The predicted octanol–water partition coefficient (Wildman–Crippen LogP) is 3.35. The largest absolute Gasteiger partial charge is 0.490 e. The summed E-state index contributed by atoms with van der Waals surface area (Å²) in [6, 6.07) is 7.69. The SMILES string of the molecule is CC[C@@H](C)Oc1ccccc1/C=C1\SC(=S)NC1=O. The van der Waals surface area contributed by atoms with Gasteiger partial charge in [0.1, 0.15) is 10.1 Å². The van der Waals surface area contributed by atoms with E-state index in [2.05, 4.69) is 12.2 Å². The molecule has 1 N–H and O–H groups in total. The van der Waals surface area contributed by atoms with Crippen molar-refractivity contribution < 1.29 is 9.53 Å². The molecule has 0 aliphatic carbocycles. The Hall–Kier alpha value is -1.33. The Balaban J connectivity index is 2.27. The van der Waals surface area contributed by atoms with E-state index in [0.29, 0.717) is 9.23 Å². The normalized spacial score (nSPS) is 18.5. The van der Waals surface area contributed by atoms with Crippen molar-refractivity contribution in [1.82, 2.24) is 5.32 Å². The van der Waals surface area contributed by atoms with Gasteiger partial charge < -0.3 is 10.1 Å². The van der Waals surface area contributed by atoms with Crippen LogP contribution >= 0.6 is 24.0 Å². The van der Waals surface area contributed by atoms with Gasteiger partial charge in [0.15, 0.2) is 0 Å². The summed E-state index contributed by atoms with van der Waals surface area (Å²) in [4.78, 5) is 12.3. The molecule has 19 heavy (non-hydrogen) atoms. The molecule has 5 heteroatoms. The fraction of sp³-hybridized carbons (Fsp3) is 0.286. The number of benzene rings is 1. The molecule has 0 aromatic heterocycles. The molecule has 0 unspecified atom stereocenters. The smallest absolute Gasteiger partial charge is 0.263 e. The molecule has 1 aliphatic heterocycles. The minimum absolute atomic E-state index is 0.144. The van der Waals surface area contributed by atoms with Gasteiger partial charge in [0.2, 0.25) is 0 Å². The van der Waals surface area contributed by atoms with Gasteiger partial charge in [-0.2, -0.15) is 0 Å². The molecular formula is C14H15NO2S2. The molecule has 100 valence electrons. The third kappa shape index (κ3) is 3.58. The molecule has 0 radical (unpaired) electrons. The van der Waals surface area contributed by atoms with Crippen LogP contribution in [0.2, 0.25) is 0 Å². The number of para-hydroxylation sites is 1. The second-order valence-electron chi connectivity index (χ2n) is 4.23. The van der Waals surface area contributed by atoms with E-state index in [4.69, 9.17) is 17.0 Å². The van der Waals surface area contributed by atoms with E-state index in [1.807, 2.05) is 37.3 Å². The number of carbonyl (C=O) groups excluding carboxylic acids is 1. The molecule has 0 saturated carbocycles. The van der Waals surface area contributed by atoms with Crippen molar-refractivity contribution in [3.8, 4) is 5.75 Å². The van der Waals surface area contributed by atoms with Crippen LogP contribution in [0, 0.1) is 0 Å². The molecular weight excluding hydrogens is 278 g/mol. The first-order valence-corrected chi connectivity index (χ1v) is 7.33. The van der Waals surface area contributed by atoms with Gasteiger partial charge in [-0.15, -0.1) is 0 Å². The lowest BCUT2D eigenvalue weighted by Gasteiger charge is -2.14. The molecule has 1 fully saturated rings. The first-order valence-electron chi connectivity index (χ1n) is 6.10. The van der Waals surface area contributed by atoms with Gasteiger partial charge in [0.05, 0.1) is 11.0 Å². The van der Waals surface area contributed by atoms with Crippen LogP contribution in [-0.4, -0.2) is 16.3 Å². The minimum atomic E-state index is -0.145. The maximum absolute atomic E-state index is 11.7.